The van der Waals surface area contributed by atoms with E-state index in [0.29, 0.717) is 0 Å². The Hall–Kier alpha value is -0.820. The van der Waals surface area contributed by atoms with Crippen LogP contribution in [-0.2, 0) is 18.3 Å². The van der Waals surface area contributed by atoms with Crippen LogP contribution in [0.25, 0.3) is 0 Å². The van der Waals surface area contributed by atoms with E-state index in [1.165, 1.54) is 16.7 Å². The monoisotopic (exact) mass is 204 g/mol. The first-order chi connectivity index (χ1) is 6.78. The Labute approximate surface area is 92.1 Å². The molecule has 0 saturated heterocycles. The number of aliphatic hydroxyl groups is 1. The summed E-state index contributed by atoms with van der Waals surface area (Å²) in [5.74, 6) is 0. The van der Waals surface area contributed by atoms with Crippen LogP contribution >= 0.6 is 0 Å². The van der Waals surface area contributed by atoms with Crippen molar-refractivity contribution in [3.05, 3.63) is 34.9 Å². The Morgan fingerprint density at radius 3 is 2.33 bits per heavy atom. The van der Waals surface area contributed by atoms with Gasteiger partial charge >= 0.3 is 0 Å². The molecule has 0 spiro atoms. The molecule has 1 nitrogen and oxygen atoms in total. The molecule has 15 heavy (non-hydrogen) atoms. The van der Waals surface area contributed by atoms with Crippen molar-refractivity contribution in [2.75, 3.05) is 0 Å². The number of hydrogen-bond acceptors (Lipinski definition) is 1. The van der Waals surface area contributed by atoms with E-state index in [9.17, 15) is 5.11 Å². The molecule has 2 rings (SSSR count). The predicted octanol–water partition coefficient (Wildman–Crippen LogP) is 2.83. The van der Waals surface area contributed by atoms with Crippen molar-refractivity contribution in [2.24, 2.45) is 0 Å². The van der Waals surface area contributed by atoms with Gasteiger partial charge in [-0.3, -0.25) is 0 Å². The number of benzene rings is 1. The van der Waals surface area contributed by atoms with Gasteiger partial charge in [-0.05, 0) is 29.0 Å². The fourth-order valence-corrected chi connectivity index (χ4v) is 2.31. The minimum atomic E-state index is -0.529. The maximum Gasteiger partial charge on any atom is 0.0700 e. The van der Waals surface area contributed by atoms with Crippen molar-refractivity contribution < 1.29 is 5.11 Å². The SMILES string of the molecule is CC1(O)Cc2ccc(C(C)(C)C)cc2C1. The zero-order valence-electron chi connectivity index (χ0n) is 10.1. The summed E-state index contributed by atoms with van der Waals surface area (Å²) in [4.78, 5) is 0. The molecule has 1 heteroatoms. The summed E-state index contributed by atoms with van der Waals surface area (Å²) in [6.45, 7) is 8.59. The highest BCUT2D eigenvalue weighted by atomic mass is 16.3. The molecule has 1 aromatic rings. The van der Waals surface area contributed by atoms with E-state index in [0.717, 1.165) is 12.8 Å². The van der Waals surface area contributed by atoms with Gasteiger partial charge in [-0.1, -0.05) is 39.0 Å². The second kappa shape index (κ2) is 3.08. The standard InChI is InChI=1S/C14H20O/c1-13(2,3)12-6-5-10-8-14(4,15)9-11(10)7-12/h5-7,15H,8-9H2,1-4H3. The molecule has 1 aliphatic carbocycles. The third-order valence-corrected chi connectivity index (χ3v) is 3.21. The summed E-state index contributed by atoms with van der Waals surface area (Å²) in [6, 6.07) is 6.63. The molecule has 0 heterocycles. The van der Waals surface area contributed by atoms with Crippen molar-refractivity contribution in [3.8, 4) is 0 Å². The van der Waals surface area contributed by atoms with Crippen LogP contribution < -0.4 is 0 Å². The lowest BCUT2D eigenvalue weighted by atomic mass is 9.85. The fourth-order valence-electron chi connectivity index (χ4n) is 2.31. The minimum Gasteiger partial charge on any atom is -0.389 e. The molecule has 1 unspecified atom stereocenters. The van der Waals surface area contributed by atoms with Gasteiger partial charge < -0.3 is 5.11 Å². The second-order valence-corrected chi connectivity index (χ2v) is 6.08. The Morgan fingerprint density at radius 2 is 1.73 bits per heavy atom. The van der Waals surface area contributed by atoms with Crippen LogP contribution in [0, 0.1) is 0 Å². The number of rotatable bonds is 0. The number of fused-ring (bicyclic) bond motifs is 1. The van der Waals surface area contributed by atoms with Crippen molar-refractivity contribution >= 4 is 0 Å². The first-order valence-corrected chi connectivity index (χ1v) is 5.63. The van der Waals surface area contributed by atoms with Crippen molar-refractivity contribution in [1.82, 2.24) is 0 Å². The Bertz CT molecular complexity index is 383. The molecule has 0 fully saturated rings. The molecule has 0 saturated carbocycles. The van der Waals surface area contributed by atoms with Crippen LogP contribution in [0.15, 0.2) is 18.2 Å². The van der Waals surface area contributed by atoms with Gasteiger partial charge in [0.1, 0.15) is 0 Å². The van der Waals surface area contributed by atoms with Gasteiger partial charge in [-0.2, -0.15) is 0 Å². The van der Waals surface area contributed by atoms with Gasteiger partial charge in [0.2, 0.25) is 0 Å². The lowest BCUT2D eigenvalue weighted by Crippen LogP contribution is -2.23. The van der Waals surface area contributed by atoms with E-state index in [1.54, 1.807) is 0 Å². The largest absolute Gasteiger partial charge is 0.389 e. The quantitative estimate of drug-likeness (QED) is 0.689. The van der Waals surface area contributed by atoms with Gasteiger partial charge in [0, 0.05) is 12.8 Å². The minimum absolute atomic E-state index is 0.198. The van der Waals surface area contributed by atoms with Gasteiger partial charge in [0.25, 0.3) is 0 Å². The molecular formula is C14H20O. The zero-order chi connectivity index (χ0) is 11.3. The lowest BCUT2D eigenvalue weighted by molar-refractivity contribution is 0.0718. The molecule has 0 radical (unpaired) electrons. The highest BCUT2D eigenvalue weighted by Crippen LogP contribution is 2.33. The van der Waals surface area contributed by atoms with E-state index in [1.807, 2.05) is 6.92 Å². The lowest BCUT2D eigenvalue weighted by Gasteiger charge is -2.19. The van der Waals surface area contributed by atoms with Gasteiger partial charge in [0.05, 0.1) is 5.60 Å². The fraction of sp³-hybridized carbons (Fsp3) is 0.571. The molecule has 0 amide bonds. The topological polar surface area (TPSA) is 20.2 Å². The van der Waals surface area contributed by atoms with Gasteiger partial charge in [-0.15, -0.1) is 0 Å². The highest BCUT2D eigenvalue weighted by molar-refractivity contribution is 5.40. The van der Waals surface area contributed by atoms with E-state index < -0.39 is 5.60 Å². The normalized spacial score (nSPS) is 25.4. The summed E-state index contributed by atoms with van der Waals surface area (Å²) in [5, 5.41) is 10.0. The maximum atomic E-state index is 10.0. The molecule has 1 N–H and O–H groups in total. The molecule has 1 aliphatic rings. The maximum absolute atomic E-state index is 10.0. The van der Waals surface area contributed by atoms with Gasteiger partial charge in [-0.25, -0.2) is 0 Å². The summed E-state index contributed by atoms with van der Waals surface area (Å²) in [7, 11) is 0. The van der Waals surface area contributed by atoms with E-state index >= 15 is 0 Å². The van der Waals surface area contributed by atoms with Crippen LogP contribution in [0.3, 0.4) is 0 Å². The average molecular weight is 204 g/mol. The van der Waals surface area contributed by atoms with Gasteiger partial charge in [0.15, 0.2) is 0 Å². The van der Waals surface area contributed by atoms with E-state index in [2.05, 4.69) is 39.0 Å². The summed E-state index contributed by atoms with van der Waals surface area (Å²) < 4.78 is 0. The zero-order valence-corrected chi connectivity index (χ0v) is 10.1. The number of hydrogen-bond donors (Lipinski definition) is 1. The predicted molar refractivity (Wildman–Crippen MR) is 63.2 cm³/mol. The Balaban J connectivity index is 2.39. The van der Waals surface area contributed by atoms with Crippen molar-refractivity contribution in [3.63, 3.8) is 0 Å². The first-order valence-electron chi connectivity index (χ1n) is 5.63. The Morgan fingerprint density at radius 1 is 1.13 bits per heavy atom. The molecule has 1 aromatic carbocycles. The third-order valence-electron chi connectivity index (χ3n) is 3.21. The average Bonchev–Trinajstić information content (AvgIpc) is 2.34. The molecule has 0 bridgehead atoms. The first kappa shape index (κ1) is 10.7. The van der Waals surface area contributed by atoms with Crippen LogP contribution in [0.2, 0.25) is 0 Å². The molecule has 0 aliphatic heterocycles. The van der Waals surface area contributed by atoms with E-state index in [4.69, 9.17) is 0 Å². The third kappa shape index (κ3) is 2.07. The second-order valence-electron chi connectivity index (χ2n) is 6.08. The summed E-state index contributed by atoms with van der Waals surface area (Å²) >= 11 is 0. The van der Waals surface area contributed by atoms with E-state index in [-0.39, 0.29) is 5.41 Å². The van der Waals surface area contributed by atoms with Crippen LogP contribution in [-0.4, -0.2) is 10.7 Å². The molecular weight excluding hydrogens is 184 g/mol. The van der Waals surface area contributed by atoms with Crippen LogP contribution in [0.1, 0.15) is 44.4 Å². The summed E-state index contributed by atoms with van der Waals surface area (Å²) in [6.07, 6.45) is 1.60. The van der Waals surface area contributed by atoms with Crippen molar-refractivity contribution in [1.29, 1.82) is 0 Å². The smallest absolute Gasteiger partial charge is 0.0700 e. The molecule has 82 valence electrons. The van der Waals surface area contributed by atoms with Crippen LogP contribution in [0.4, 0.5) is 0 Å². The Kier molecular flexibility index (Phi) is 2.20. The highest BCUT2D eigenvalue weighted by Gasteiger charge is 2.31. The van der Waals surface area contributed by atoms with Crippen molar-refractivity contribution in [2.45, 2.75) is 51.6 Å². The summed E-state index contributed by atoms with van der Waals surface area (Å²) in [5.41, 5.74) is 3.67. The molecule has 0 aromatic heterocycles. The van der Waals surface area contributed by atoms with Crippen LogP contribution in [0.5, 0.6) is 0 Å². The molecule has 1 atom stereocenters.